The summed E-state index contributed by atoms with van der Waals surface area (Å²) < 4.78 is 1.83. The van der Waals surface area contributed by atoms with Crippen molar-refractivity contribution < 1.29 is 0 Å². The lowest BCUT2D eigenvalue weighted by molar-refractivity contribution is 0.800. The highest BCUT2D eigenvalue weighted by atomic mass is 15.3. The first kappa shape index (κ1) is 14.3. The van der Waals surface area contributed by atoms with Gasteiger partial charge in [0.1, 0.15) is 12.1 Å². The van der Waals surface area contributed by atoms with Gasteiger partial charge in [-0.2, -0.15) is 5.10 Å². The van der Waals surface area contributed by atoms with Crippen molar-refractivity contribution in [2.45, 2.75) is 27.3 Å². The molecule has 1 N–H and O–H groups in total. The van der Waals surface area contributed by atoms with Crippen LogP contribution in [-0.2, 0) is 6.54 Å². The molecule has 0 amide bonds. The molecular formula is C17H19N5. The van der Waals surface area contributed by atoms with Crippen molar-refractivity contribution in [3.63, 3.8) is 0 Å². The molecule has 3 rings (SSSR count). The Labute approximate surface area is 130 Å². The number of anilines is 1. The Morgan fingerprint density at radius 3 is 2.45 bits per heavy atom. The van der Waals surface area contributed by atoms with Crippen LogP contribution in [-0.4, -0.2) is 19.7 Å². The summed E-state index contributed by atoms with van der Waals surface area (Å²) in [6, 6.07) is 12.4. The van der Waals surface area contributed by atoms with Gasteiger partial charge in [0.25, 0.3) is 0 Å². The van der Waals surface area contributed by atoms with E-state index in [1.54, 1.807) is 6.33 Å². The fraction of sp³-hybridized carbons (Fsp3) is 0.235. The lowest BCUT2D eigenvalue weighted by Gasteiger charge is -2.08. The smallest absolute Gasteiger partial charge is 0.159 e. The van der Waals surface area contributed by atoms with Crippen LogP contribution < -0.4 is 5.32 Å². The van der Waals surface area contributed by atoms with Gasteiger partial charge in [0, 0.05) is 18.3 Å². The van der Waals surface area contributed by atoms with E-state index in [0.717, 1.165) is 29.6 Å². The standard InChI is InChI=1S/C17H19N5/c1-12-4-6-15(7-5-12)10-18-16-9-17(20-11-19-16)22-14(3)8-13(2)21-22/h4-9,11H,10H2,1-3H3,(H,18,19,20). The summed E-state index contributed by atoms with van der Waals surface area (Å²) >= 11 is 0. The minimum atomic E-state index is 0.730. The molecular weight excluding hydrogens is 274 g/mol. The Morgan fingerprint density at radius 2 is 1.77 bits per heavy atom. The van der Waals surface area contributed by atoms with E-state index in [0.29, 0.717) is 0 Å². The Kier molecular flexibility index (Phi) is 3.87. The highest BCUT2D eigenvalue weighted by Gasteiger charge is 2.06. The normalized spacial score (nSPS) is 10.7. The number of aryl methyl sites for hydroxylation is 3. The maximum Gasteiger partial charge on any atom is 0.159 e. The van der Waals surface area contributed by atoms with Crippen LogP contribution in [0.2, 0.25) is 0 Å². The molecule has 3 aromatic rings. The molecule has 0 aliphatic rings. The number of nitrogens with one attached hydrogen (secondary N) is 1. The molecule has 0 spiro atoms. The van der Waals surface area contributed by atoms with Crippen molar-refractivity contribution in [3.8, 4) is 5.82 Å². The SMILES string of the molecule is Cc1ccc(CNc2cc(-n3nc(C)cc3C)ncn2)cc1. The summed E-state index contributed by atoms with van der Waals surface area (Å²) in [6.07, 6.45) is 1.56. The van der Waals surface area contributed by atoms with Gasteiger partial charge in [-0.05, 0) is 32.4 Å². The minimum absolute atomic E-state index is 0.730. The van der Waals surface area contributed by atoms with Gasteiger partial charge in [-0.15, -0.1) is 0 Å². The first-order valence-electron chi connectivity index (χ1n) is 7.27. The second-order valence-corrected chi connectivity index (χ2v) is 5.44. The van der Waals surface area contributed by atoms with Gasteiger partial charge in [0.2, 0.25) is 0 Å². The van der Waals surface area contributed by atoms with Gasteiger partial charge in [0.15, 0.2) is 5.82 Å². The molecule has 112 valence electrons. The van der Waals surface area contributed by atoms with Gasteiger partial charge in [-0.1, -0.05) is 29.8 Å². The van der Waals surface area contributed by atoms with Gasteiger partial charge < -0.3 is 5.32 Å². The predicted molar refractivity (Wildman–Crippen MR) is 87.1 cm³/mol. The van der Waals surface area contributed by atoms with Gasteiger partial charge in [0.05, 0.1) is 5.69 Å². The van der Waals surface area contributed by atoms with Crippen LogP contribution >= 0.6 is 0 Å². The molecule has 0 radical (unpaired) electrons. The van der Waals surface area contributed by atoms with Crippen LogP contribution in [0.15, 0.2) is 42.7 Å². The van der Waals surface area contributed by atoms with E-state index in [2.05, 4.69) is 51.6 Å². The van der Waals surface area contributed by atoms with Crippen LogP contribution in [0, 0.1) is 20.8 Å². The highest BCUT2D eigenvalue weighted by Crippen LogP contribution is 2.13. The van der Waals surface area contributed by atoms with Crippen LogP contribution in [0.25, 0.3) is 5.82 Å². The molecule has 22 heavy (non-hydrogen) atoms. The van der Waals surface area contributed by atoms with Gasteiger partial charge >= 0.3 is 0 Å². The fourth-order valence-electron chi connectivity index (χ4n) is 2.32. The summed E-state index contributed by atoms with van der Waals surface area (Å²) in [7, 11) is 0. The van der Waals surface area contributed by atoms with Crippen LogP contribution in [0.4, 0.5) is 5.82 Å². The first-order valence-corrected chi connectivity index (χ1v) is 7.27. The molecule has 2 aromatic heterocycles. The second-order valence-electron chi connectivity index (χ2n) is 5.44. The average Bonchev–Trinajstić information content (AvgIpc) is 2.86. The summed E-state index contributed by atoms with van der Waals surface area (Å²) in [6.45, 7) is 6.80. The van der Waals surface area contributed by atoms with E-state index in [1.807, 2.05) is 30.7 Å². The van der Waals surface area contributed by atoms with E-state index >= 15 is 0 Å². The number of hydrogen-bond acceptors (Lipinski definition) is 4. The minimum Gasteiger partial charge on any atom is -0.366 e. The van der Waals surface area contributed by atoms with Crippen LogP contribution in [0.3, 0.4) is 0 Å². The van der Waals surface area contributed by atoms with Crippen molar-refractivity contribution in [1.29, 1.82) is 0 Å². The van der Waals surface area contributed by atoms with Gasteiger partial charge in [-0.3, -0.25) is 0 Å². The number of aromatic nitrogens is 4. The molecule has 0 saturated carbocycles. The molecule has 1 aromatic carbocycles. The molecule has 0 aliphatic carbocycles. The lowest BCUT2D eigenvalue weighted by Crippen LogP contribution is -2.06. The third-order valence-electron chi connectivity index (χ3n) is 3.47. The van der Waals surface area contributed by atoms with E-state index in [9.17, 15) is 0 Å². The highest BCUT2D eigenvalue weighted by molar-refractivity contribution is 5.41. The van der Waals surface area contributed by atoms with Crippen molar-refractivity contribution >= 4 is 5.82 Å². The molecule has 0 unspecified atom stereocenters. The molecule has 0 saturated heterocycles. The lowest BCUT2D eigenvalue weighted by atomic mass is 10.1. The maximum atomic E-state index is 4.45. The second kappa shape index (κ2) is 5.97. The third kappa shape index (κ3) is 3.14. The fourth-order valence-corrected chi connectivity index (χ4v) is 2.32. The molecule has 0 fully saturated rings. The van der Waals surface area contributed by atoms with Crippen LogP contribution in [0.1, 0.15) is 22.5 Å². The largest absolute Gasteiger partial charge is 0.366 e. The molecule has 2 heterocycles. The summed E-state index contributed by atoms with van der Waals surface area (Å²) in [5.41, 5.74) is 4.51. The quantitative estimate of drug-likeness (QED) is 0.802. The summed E-state index contributed by atoms with van der Waals surface area (Å²) in [5, 5.41) is 7.77. The summed E-state index contributed by atoms with van der Waals surface area (Å²) in [4.78, 5) is 8.57. The summed E-state index contributed by atoms with van der Waals surface area (Å²) in [5.74, 6) is 1.56. The third-order valence-corrected chi connectivity index (χ3v) is 3.47. The molecule has 0 aliphatic heterocycles. The van der Waals surface area contributed by atoms with Crippen LogP contribution in [0.5, 0.6) is 0 Å². The topological polar surface area (TPSA) is 55.6 Å². The monoisotopic (exact) mass is 293 g/mol. The first-order chi connectivity index (χ1) is 10.6. The molecule has 0 bridgehead atoms. The molecule has 0 atom stereocenters. The maximum absolute atomic E-state index is 4.45. The zero-order chi connectivity index (χ0) is 15.5. The van der Waals surface area contributed by atoms with Gasteiger partial charge in [-0.25, -0.2) is 14.6 Å². The zero-order valence-electron chi connectivity index (χ0n) is 13.0. The molecule has 5 heteroatoms. The number of benzene rings is 1. The number of hydrogen-bond donors (Lipinski definition) is 1. The zero-order valence-corrected chi connectivity index (χ0v) is 13.0. The predicted octanol–water partition coefficient (Wildman–Crippen LogP) is 3.20. The van der Waals surface area contributed by atoms with Crippen molar-refractivity contribution in [3.05, 3.63) is 65.2 Å². The number of nitrogens with zero attached hydrogens (tertiary/aromatic N) is 4. The Bertz CT molecular complexity index is 774. The average molecular weight is 293 g/mol. The number of rotatable bonds is 4. The van der Waals surface area contributed by atoms with Crippen molar-refractivity contribution in [2.24, 2.45) is 0 Å². The van der Waals surface area contributed by atoms with E-state index < -0.39 is 0 Å². The Hall–Kier alpha value is -2.69. The van der Waals surface area contributed by atoms with E-state index in [-0.39, 0.29) is 0 Å². The Balaban J connectivity index is 1.76. The van der Waals surface area contributed by atoms with E-state index in [1.165, 1.54) is 11.1 Å². The Morgan fingerprint density at radius 1 is 1.00 bits per heavy atom. The van der Waals surface area contributed by atoms with E-state index in [4.69, 9.17) is 0 Å². The van der Waals surface area contributed by atoms with Crippen molar-refractivity contribution in [2.75, 3.05) is 5.32 Å². The molecule has 5 nitrogen and oxygen atoms in total. The van der Waals surface area contributed by atoms with Crippen molar-refractivity contribution in [1.82, 2.24) is 19.7 Å².